The number of rotatable bonds is 5. The molecule has 7 nitrogen and oxygen atoms in total. The molecule has 0 aliphatic carbocycles. The van der Waals surface area contributed by atoms with Gasteiger partial charge in [-0.25, -0.2) is 0 Å². The maximum absolute atomic E-state index is 13.0. The molecule has 0 bridgehead atoms. The van der Waals surface area contributed by atoms with Crippen LogP contribution in [-0.2, 0) is 20.8 Å². The van der Waals surface area contributed by atoms with Gasteiger partial charge in [0.2, 0.25) is 5.91 Å². The van der Waals surface area contributed by atoms with Gasteiger partial charge in [0.15, 0.2) is 0 Å². The van der Waals surface area contributed by atoms with Crippen LogP contribution in [-0.4, -0.2) is 78.2 Å². The molecule has 2 aliphatic rings. The molecule has 2 saturated heterocycles. The van der Waals surface area contributed by atoms with E-state index >= 15 is 0 Å². The normalized spacial score (nSPS) is 20.2. The van der Waals surface area contributed by atoms with Gasteiger partial charge in [-0.15, -0.1) is 12.4 Å². The largest absolute Gasteiger partial charge is 0.333 e. The highest BCUT2D eigenvalue weighted by atomic mass is 35.5. The van der Waals surface area contributed by atoms with Gasteiger partial charge in [-0.05, 0) is 24.5 Å². The van der Waals surface area contributed by atoms with Gasteiger partial charge < -0.3 is 20.0 Å². The zero-order valence-electron chi connectivity index (χ0n) is 16.5. The maximum atomic E-state index is 13.0. The first-order chi connectivity index (χ1) is 13.0. The Labute approximate surface area is 172 Å². The number of aryl methyl sites for hydroxylation is 1. The highest BCUT2D eigenvalue weighted by Gasteiger charge is 2.35. The number of nitrogens with one attached hydrogen (secondary N) is 1. The molecule has 2 aliphatic heterocycles. The van der Waals surface area contributed by atoms with Crippen molar-refractivity contribution in [2.24, 2.45) is 0 Å². The van der Waals surface area contributed by atoms with Crippen molar-refractivity contribution in [1.29, 1.82) is 0 Å². The molecule has 28 heavy (non-hydrogen) atoms. The average molecular weight is 409 g/mol. The molecule has 1 atom stereocenters. The van der Waals surface area contributed by atoms with E-state index in [-0.39, 0.29) is 30.9 Å². The molecule has 2 fully saturated rings. The lowest BCUT2D eigenvalue weighted by molar-refractivity contribution is -0.158. The number of hydrogen-bond donors (Lipinski definition) is 1. The van der Waals surface area contributed by atoms with Crippen molar-refractivity contribution < 1.29 is 14.4 Å². The van der Waals surface area contributed by atoms with Crippen molar-refractivity contribution in [1.82, 2.24) is 20.0 Å². The summed E-state index contributed by atoms with van der Waals surface area (Å²) in [5.74, 6) is -1.19. The Morgan fingerprint density at radius 2 is 1.68 bits per heavy atom. The SMILES string of the molecule is CCc1ccc(C2CNCCN2C(=O)CN2CCN(CC)C(=O)C2=O)cc1.Cl. The van der Waals surface area contributed by atoms with Gasteiger partial charge in [0.05, 0.1) is 6.04 Å². The number of nitrogens with zero attached hydrogens (tertiary/aromatic N) is 3. The number of benzene rings is 1. The van der Waals surface area contributed by atoms with E-state index in [0.717, 1.165) is 18.5 Å². The summed E-state index contributed by atoms with van der Waals surface area (Å²) in [7, 11) is 0. The predicted octanol–water partition coefficient (Wildman–Crippen LogP) is 0.834. The van der Waals surface area contributed by atoms with E-state index in [1.807, 2.05) is 11.8 Å². The number of halogens is 1. The molecule has 2 heterocycles. The van der Waals surface area contributed by atoms with Crippen molar-refractivity contribution in [3.63, 3.8) is 0 Å². The Bertz CT molecular complexity index is 710. The van der Waals surface area contributed by atoms with Crippen LogP contribution in [0.2, 0.25) is 0 Å². The van der Waals surface area contributed by atoms with Gasteiger partial charge in [-0.3, -0.25) is 14.4 Å². The summed E-state index contributed by atoms with van der Waals surface area (Å²) < 4.78 is 0. The fourth-order valence-corrected chi connectivity index (χ4v) is 3.70. The Kier molecular flexibility index (Phi) is 7.83. The first kappa shape index (κ1) is 22.2. The first-order valence-corrected chi connectivity index (χ1v) is 9.72. The second kappa shape index (κ2) is 9.89. The lowest BCUT2D eigenvalue weighted by atomic mass is 10.0. The van der Waals surface area contributed by atoms with E-state index in [2.05, 4.69) is 36.5 Å². The van der Waals surface area contributed by atoms with Crippen LogP contribution in [0.3, 0.4) is 0 Å². The molecule has 0 aromatic heterocycles. The van der Waals surface area contributed by atoms with Crippen molar-refractivity contribution in [2.45, 2.75) is 26.3 Å². The van der Waals surface area contributed by atoms with Crippen LogP contribution in [0.4, 0.5) is 0 Å². The van der Waals surface area contributed by atoms with Gasteiger partial charge in [-0.1, -0.05) is 31.2 Å². The summed E-state index contributed by atoms with van der Waals surface area (Å²) in [6, 6.07) is 8.29. The van der Waals surface area contributed by atoms with Crippen LogP contribution >= 0.6 is 12.4 Å². The van der Waals surface area contributed by atoms with Gasteiger partial charge in [0.25, 0.3) is 0 Å². The monoisotopic (exact) mass is 408 g/mol. The molecule has 1 aromatic carbocycles. The minimum Gasteiger partial charge on any atom is -0.333 e. The Hall–Kier alpha value is -2.12. The molecule has 3 amide bonds. The standard InChI is InChI=1S/C20H28N4O3.ClH/c1-3-15-5-7-16(8-6-15)17-13-21-9-10-24(17)18(25)14-23-12-11-22(4-2)19(26)20(23)27;/h5-8,17,21H,3-4,9-14H2,1-2H3;1H. The highest BCUT2D eigenvalue weighted by molar-refractivity contribution is 6.35. The third kappa shape index (κ3) is 4.64. The molecule has 8 heteroatoms. The highest BCUT2D eigenvalue weighted by Crippen LogP contribution is 2.23. The predicted molar refractivity (Wildman–Crippen MR) is 109 cm³/mol. The first-order valence-electron chi connectivity index (χ1n) is 9.72. The van der Waals surface area contributed by atoms with E-state index in [4.69, 9.17) is 0 Å². The second-order valence-corrected chi connectivity index (χ2v) is 7.01. The summed E-state index contributed by atoms with van der Waals surface area (Å²) in [5, 5.41) is 3.34. The minimum absolute atomic E-state index is 0. The van der Waals surface area contributed by atoms with Crippen molar-refractivity contribution in [2.75, 3.05) is 45.8 Å². The van der Waals surface area contributed by atoms with Crippen LogP contribution < -0.4 is 5.32 Å². The van der Waals surface area contributed by atoms with E-state index < -0.39 is 11.8 Å². The van der Waals surface area contributed by atoms with Gasteiger partial charge in [-0.2, -0.15) is 0 Å². The zero-order valence-corrected chi connectivity index (χ0v) is 17.3. The summed E-state index contributed by atoms with van der Waals surface area (Å²) in [6.07, 6.45) is 0.978. The summed E-state index contributed by atoms with van der Waals surface area (Å²) in [5.41, 5.74) is 2.35. The molecule has 0 spiro atoms. The third-order valence-electron chi connectivity index (χ3n) is 5.44. The molecule has 0 radical (unpaired) electrons. The molecule has 1 unspecified atom stereocenters. The van der Waals surface area contributed by atoms with Crippen LogP contribution in [0, 0.1) is 0 Å². The van der Waals surface area contributed by atoms with Gasteiger partial charge >= 0.3 is 11.8 Å². The van der Waals surface area contributed by atoms with Gasteiger partial charge in [0, 0.05) is 39.3 Å². The number of hydrogen-bond acceptors (Lipinski definition) is 4. The average Bonchev–Trinajstić information content (AvgIpc) is 2.71. The minimum atomic E-state index is -0.574. The summed E-state index contributed by atoms with van der Waals surface area (Å²) in [6.45, 7) is 7.34. The van der Waals surface area contributed by atoms with Crippen LogP contribution in [0.5, 0.6) is 0 Å². The number of carbonyl (C=O) groups excluding carboxylic acids is 3. The van der Waals surface area contributed by atoms with Crippen molar-refractivity contribution >= 4 is 30.1 Å². The van der Waals surface area contributed by atoms with E-state index in [1.54, 1.807) is 0 Å². The molecule has 3 rings (SSSR count). The lowest BCUT2D eigenvalue weighted by Gasteiger charge is -2.39. The number of piperazine rings is 2. The van der Waals surface area contributed by atoms with Gasteiger partial charge in [0.1, 0.15) is 6.54 Å². The molecule has 1 N–H and O–H groups in total. The molecular weight excluding hydrogens is 380 g/mol. The Balaban J connectivity index is 0.00000280. The smallest absolute Gasteiger partial charge is 0.312 e. The van der Waals surface area contributed by atoms with Crippen LogP contribution in [0.1, 0.15) is 31.0 Å². The van der Waals surface area contributed by atoms with Crippen molar-refractivity contribution in [3.8, 4) is 0 Å². The summed E-state index contributed by atoms with van der Waals surface area (Å²) in [4.78, 5) is 42.1. The Morgan fingerprint density at radius 3 is 2.32 bits per heavy atom. The maximum Gasteiger partial charge on any atom is 0.312 e. The quantitative estimate of drug-likeness (QED) is 0.732. The van der Waals surface area contributed by atoms with E-state index in [1.165, 1.54) is 15.4 Å². The topological polar surface area (TPSA) is 73.0 Å². The molecule has 1 aromatic rings. The number of likely N-dealkylation sites (N-methyl/N-ethyl adjacent to an activating group) is 1. The fraction of sp³-hybridized carbons (Fsp3) is 0.550. The van der Waals surface area contributed by atoms with Crippen LogP contribution in [0.25, 0.3) is 0 Å². The summed E-state index contributed by atoms with van der Waals surface area (Å²) >= 11 is 0. The van der Waals surface area contributed by atoms with Crippen molar-refractivity contribution in [3.05, 3.63) is 35.4 Å². The fourth-order valence-electron chi connectivity index (χ4n) is 3.70. The van der Waals surface area contributed by atoms with E-state index in [9.17, 15) is 14.4 Å². The molecule has 0 saturated carbocycles. The third-order valence-corrected chi connectivity index (χ3v) is 5.44. The van der Waals surface area contributed by atoms with Crippen LogP contribution in [0.15, 0.2) is 24.3 Å². The van der Waals surface area contributed by atoms with E-state index in [0.29, 0.717) is 32.7 Å². The number of amides is 3. The molecule has 154 valence electrons. The second-order valence-electron chi connectivity index (χ2n) is 7.01. The molecular formula is C20H29ClN4O3. The zero-order chi connectivity index (χ0) is 19.4. The lowest BCUT2D eigenvalue weighted by Crippen LogP contribution is -2.58. The Morgan fingerprint density at radius 1 is 1.04 bits per heavy atom. The number of carbonyl (C=O) groups is 3.